The predicted molar refractivity (Wildman–Crippen MR) is 179 cm³/mol. The van der Waals surface area contributed by atoms with Gasteiger partial charge in [0.2, 0.25) is 11.8 Å². The van der Waals surface area contributed by atoms with Crippen molar-refractivity contribution in [1.29, 1.82) is 0 Å². The first kappa shape index (κ1) is 32.6. The van der Waals surface area contributed by atoms with Gasteiger partial charge in [0.1, 0.15) is 11.4 Å². The number of methoxy groups -OCH3 is 1. The van der Waals surface area contributed by atoms with Gasteiger partial charge in [-0.25, -0.2) is 0 Å². The number of carbonyl (C=O) groups is 4. The number of hydrogen-bond donors (Lipinski definition) is 4. The summed E-state index contributed by atoms with van der Waals surface area (Å²) in [5.41, 5.74) is 2.88. The fourth-order valence-corrected chi connectivity index (χ4v) is 5.25. The van der Waals surface area contributed by atoms with Crippen LogP contribution < -0.4 is 26.0 Å². The van der Waals surface area contributed by atoms with Crippen LogP contribution in [0.25, 0.3) is 6.08 Å². The molecule has 0 aliphatic heterocycles. The molecule has 1 atom stereocenters. The van der Waals surface area contributed by atoms with Gasteiger partial charge in [-0.3, -0.25) is 19.2 Å². The van der Waals surface area contributed by atoms with E-state index >= 15 is 0 Å². The summed E-state index contributed by atoms with van der Waals surface area (Å²) < 4.78 is 5.30. The van der Waals surface area contributed by atoms with Gasteiger partial charge in [-0.2, -0.15) is 0 Å². The van der Waals surface area contributed by atoms with Crippen LogP contribution in [-0.2, 0) is 14.4 Å². The van der Waals surface area contributed by atoms with Crippen LogP contribution in [-0.4, -0.2) is 36.0 Å². The van der Waals surface area contributed by atoms with E-state index in [2.05, 4.69) is 21.3 Å². The summed E-state index contributed by atoms with van der Waals surface area (Å²) in [5, 5.41) is 10.8. The minimum atomic E-state index is -0.517. The van der Waals surface area contributed by atoms with Crippen LogP contribution in [0.1, 0.15) is 36.2 Å². The van der Waals surface area contributed by atoms with Crippen LogP contribution in [0.15, 0.2) is 114 Å². The number of ether oxygens (including phenoxy) is 1. The Morgan fingerprint density at radius 1 is 0.778 bits per heavy atom. The van der Waals surface area contributed by atoms with Crippen LogP contribution >= 0.6 is 11.8 Å². The SMILES string of the molecule is CCC(Sc1cccc(NC(=O)/C(=C/c2cccc(OC)c2)NC(=O)c2ccccc2)c1)C(=O)Nc1ccc(NC(C)=O)cc1. The normalized spacial score (nSPS) is 11.6. The van der Waals surface area contributed by atoms with Gasteiger partial charge in [-0.05, 0) is 84.8 Å². The van der Waals surface area contributed by atoms with Crippen molar-refractivity contribution < 1.29 is 23.9 Å². The van der Waals surface area contributed by atoms with Crippen LogP contribution in [0, 0.1) is 0 Å². The van der Waals surface area contributed by atoms with E-state index < -0.39 is 17.1 Å². The number of anilines is 3. The Balaban J connectivity index is 1.47. The number of amides is 4. The Bertz CT molecular complexity index is 1690. The van der Waals surface area contributed by atoms with E-state index in [1.165, 1.54) is 18.7 Å². The van der Waals surface area contributed by atoms with Crippen molar-refractivity contribution >= 4 is 58.5 Å². The first-order chi connectivity index (χ1) is 21.7. The molecule has 45 heavy (non-hydrogen) atoms. The number of thioether (sulfide) groups is 1. The number of nitrogens with one attached hydrogen (secondary N) is 4. The molecule has 0 saturated carbocycles. The number of benzene rings is 4. The van der Waals surface area contributed by atoms with Crippen LogP contribution in [0.2, 0.25) is 0 Å². The summed E-state index contributed by atoms with van der Waals surface area (Å²) in [7, 11) is 1.55. The third-order valence-electron chi connectivity index (χ3n) is 6.44. The highest BCUT2D eigenvalue weighted by atomic mass is 32.2. The number of rotatable bonds is 12. The quantitative estimate of drug-likeness (QED) is 0.105. The van der Waals surface area contributed by atoms with Gasteiger partial charge >= 0.3 is 0 Å². The first-order valence-electron chi connectivity index (χ1n) is 14.2. The summed E-state index contributed by atoms with van der Waals surface area (Å²) in [5.74, 6) is -0.674. The van der Waals surface area contributed by atoms with Gasteiger partial charge in [-0.1, -0.05) is 43.3 Å². The zero-order valence-corrected chi connectivity index (χ0v) is 25.9. The van der Waals surface area contributed by atoms with Gasteiger partial charge in [-0.15, -0.1) is 11.8 Å². The highest BCUT2D eigenvalue weighted by molar-refractivity contribution is 8.00. The van der Waals surface area contributed by atoms with E-state index in [4.69, 9.17) is 4.74 Å². The monoisotopic (exact) mass is 622 g/mol. The average Bonchev–Trinajstić information content (AvgIpc) is 3.04. The van der Waals surface area contributed by atoms with Crippen molar-refractivity contribution in [3.8, 4) is 5.75 Å². The van der Waals surface area contributed by atoms with E-state index in [0.29, 0.717) is 40.4 Å². The molecular weight excluding hydrogens is 588 g/mol. The van der Waals surface area contributed by atoms with Crippen molar-refractivity contribution in [2.45, 2.75) is 30.4 Å². The van der Waals surface area contributed by atoms with E-state index in [0.717, 1.165) is 4.90 Å². The molecule has 0 fully saturated rings. The predicted octanol–water partition coefficient (Wildman–Crippen LogP) is 6.57. The Kier molecular flexibility index (Phi) is 11.5. The van der Waals surface area contributed by atoms with Gasteiger partial charge in [0.25, 0.3) is 11.8 Å². The second-order valence-electron chi connectivity index (χ2n) is 9.90. The third kappa shape index (κ3) is 9.84. The van der Waals surface area contributed by atoms with Gasteiger partial charge < -0.3 is 26.0 Å². The highest BCUT2D eigenvalue weighted by Crippen LogP contribution is 2.29. The second-order valence-corrected chi connectivity index (χ2v) is 11.2. The second kappa shape index (κ2) is 15.9. The lowest BCUT2D eigenvalue weighted by Gasteiger charge is -2.16. The molecule has 0 saturated heterocycles. The Morgan fingerprint density at radius 3 is 2.13 bits per heavy atom. The molecule has 4 aromatic carbocycles. The third-order valence-corrected chi connectivity index (χ3v) is 7.80. The maximum absolute atomic E-state index is 13.5. The van der Waals surface area contributed by atoms with E-state index in [1.54, 1.807) is 110 Å². The largest absolute Gasteiger partial charge is 0.497 e. The molecule has 0 bridgehead atoms. The van der Waals surface area contributed by atoms with E-state index in [-0.39, 0.29) is 17.5 Å². The first-order valence-corrected chi connectivity index (χ1v) is 15.1. The highest BCUT2D eigenvalue weighted by Gasteiger charge is 2.19. The molecule has 4 amide bonds. The summed E-state index contributed by atoms with van der Waals surface area (Å²) in [6, 6.07) is 29.8. The maximum atomic E-state index is 13.5. The van der Waals surface area contributed by atoms with Gasteiger partial charge in [0, 0.05) is 34.4 Å². The summed E-state index contributed by atoms with van der Waals surface area (Å²) in [6.07, 6.45) is 2.15. The minimum absolute atomic E-state index is 0.0468. The zero-order valence-electron chi connectivity index (χ0n) is 25.1. The van der Waals surface area contributed by atoms with Crippen molar-refractivity contribution in [3.05, 3.63) is 120 Å². The fourth-order valence-electron chi connectivity index (χ4n) is 4.24. The smallest absolute Gasteiger partial charge is 0.272 e. The molecular formula is C35H34N4O5S. The lowest BCUT2D eigenvalue weighted by molar-refractivity contribution is -0.116. The molecule has 4 N–H and O–H groups in total. The topological polar surface area (TPSA) is 126 Å². The number of hydrogen-bond acceptors (Lipinski definition) is 6. The molecule has 4 aromatic rings. The molecule has 0 aliphatic carbocycles. The van der Waals surface area contributed by atoms with E-state index in [9.17, 15) is 19.2 Å². The summed E-state index contributed by atoms with van der Waals surface area (Å²) in [4.78, 5) is 51.6. The standard InChI is InChI=1S/C35H34N4O5S/c1-4-32(35(43)37-27-18-16-26(17-19-27)36-23(2)40)45-30-15-9-13-28(22-30)38-34(42)31(21-24-10-8-14-29(20-24)44-3)39-33(41)25-11-6-5-7-12-25/h5-22,32H,4H2,1-3H3,(H,36,40)(H,37,43)(H,38,42)(H,39,41)/b31-21-. The lowest BCUT2D eigenvalue weighted by Crippen LogP contribution is -2.30. The van der Waals surface area contributed by atoms with Gasteiger partial charge in [0.15, 0.2) is 0 Å². The zero-order chi connectivity index (χ0) is 32.2. The van der Waals surface area contributed by atoms with Gasteiger partial charge in [0.05, 0.1) is 12.4 Å². The molecule has 0 aromatic heterocycles. The lowest BCUT2D eigenvalue weighted by atomic mass is 10.1. The molecule has 230 valence electrons. The molecule has 4 rings (SSSR count). The van der Waals surface area contributed by atoms with Crippen LogP contribution in [0.5, 0.6) is 5.75 Å². The summed E-state index contributed by atoms with van der Waals surface area (Å²) in [6.45, 7) is 3.36. The van der Waals surface area contributed by atoms with Crippen LogP contribution in [0.4, 0.5) is 17.1 Å². The fraction of sp³-hybridized carbons (Fsp3) is 0.143. The molecule has 0 aliphatic rings. The number of carbonyl (C=O) groups excluding carboxylic acids is 4. The summed E-state index contributed by atoms with van der Waals surface area (Å²) >= 11 is 1.37. The minimum Gasteiger partial charge on any atom is -0.497 e. The Morgan fingerprint density at radius 2 is 1.47 bits per heavy atom. The van der Waals surface area contributed by atoms with Crippen molar-refractivity contribution in [2.24, 2.45) is 0 Å². The molecule has 0 spiro atoms. The molecule has 10 heteroatoms. The Hall–Kier alpha value is -5.35. The average molecular weight is 623 g/mol. The van der Waals surface area contributed by atoms with Crippen LogP contribution in [0.3, 0.4) is 0 Å². The Labute approximate surface area is 266 Å². The molecule has 0 heterocycles. The molecule has 1 unspecified atom stereocenters. The van der Waals surface area contributed by atoms with Crippen molar-refractivity contribution in [2.75, 3.05) is 23.1 Å². The molecule has 9 nitrogen and oxygen atoms in total. The molecule has 0 radical (unpaired) electrons. The van der Waals surface area contributed by atoms with E-state index in [1.807, 2.05) is 13.0 Å². The maximum Gasteiger partial charge on any atom is 0.272 e. The van der Waals surface area contributed by atoms with Crippen molar-refractivity contribution in [1.82, 2.24) is 5.32 Å². The van der Waals surface area contributed by atoms with Crippen molar-refractivity contribution in [3.63, 3.8) is 0 Å².